The molecule has 1 fully saturated rings. The predicted molar refractivity (Wildman–Crippen MR) is 76.6 cm³/mol. The van der Waals surface area contributed by atoms with Crippen molar-refractivity contribution in [3.8, 4) is 0 Å². The van der Waals surface area contributed by atoms with Gasteiger partial charge in [0.2, 0.25) is 0 Å². The highest BCUT2D eigenvalue weighted by molar-refractivity contribution is 9.10. The molecule has 4 heteroatoms. The van der Waals surface area contributed by atoms with E-state index in [1.165, 1.54) is 12.1 Å². The maximum absolute atomic E-state index is 13.2. The molecular formula is C15H20BrFO2. The van der Waals surface area contributed by atoms with Crippen molar-refractivity contribution < 1.29 is 14.2 Å². The Labute approximate surface area is 122 Å². The predicted octanol–water partition coefficient (Wildman–Crippen LogP) is 3.70. The van der Waals surface area contributed by atoms with Gasteiger partial charge < -0.3 is 9.84 Å². The lowest BCUT2D eigenvalue weighted by molar-refractivity contribution is -0.0375. The number of hydrogen-bond acceptors (Lipinski definition) is 2. The molecule has 1 atom stereocenters. The van der Waals surface area contributed by atoms with Gasteiger partial charge in [-0.25, -0.2) is 4.39 Å². The van der Waals surface area contributed by atoms with Gasteiger partial charge in [0.1, 0.15) is 5.82 Å². The number of aliphatic hydroxyl groups is 1. The van der Waals surface area contributed by atoms with Gasteiger partial charge in [-0.1, -0.05) is 15.9 Å². The molecule has 2 nitrogen and oxygen atoms in total. The molecule has 1 N–H and O–H groups in total. The summed E-state index contributed by atoms with van der Waals surface area (Å²) in [5.74, 6) is 0.278. The summed E-state index contributed by atoms with van der Waals surface area (Å²) >= 11 is 3.27. The molecule has 0 saturated heterocycles. The van der Waals surface area contributed by atoms with Crippen molar-refractivity contribution in [3.05, 3.63) is 34.1 Å². The number of rotatable bonds is 6. The number of aliphatic hydroxyl groups excluding tert-OH is 1. The third-order valence-corrected chi connectivity index (χ3v) is 4.05. The van der Waals surface area contributed by atoms with E-state index >= 15 is 0 Å². The SMILES string of the molecule is CCOC1CC(CC(O)Cc2cc(F)cc(Br)c2)C1. The lowest BCUT2D eigenvalue weighted by Crippen LogP contribution is -2.34. The van der Waals surface area contributed by atoms with Gasteiger partial charge in [-0.3, -0.25) is 0 Å². The molecule has 0 aliphatic heterocycles. The fraction of sp³-hybridized carbons (Fsp3) is 0.600. The zero-order valence-electron chi connectivity index (χ0n) is 11.1. The first-order valence-electron chi connectivity index (χ1n) is 6.81. The second kappa shape index (κ2) is 6.82. The minimum absolute atomic E-state index is 0.267. The van der Waals surface area contributed by atoms with Crippen LogP contribution in [0.5, 0.6) is 0 Å². The molecule has 0 bridgehead atoms. The van der Waals surface area contributed by atoms with Gasteiger partial charge in [-0.2, -0.15) is 0 Å². The van der Waals surface area contributed by atoms with Crippen molar-refractivity contribution in [1.82, 2.24) is 0 Å². The highest BCUT2D eigenvalue weighted by Gasteiger charge is 2.30. The average molecular weight is 331 g/mol. The van der Waals surface area contributed by atoms with Crippen LogP contribution >= 0.6 is 15.9 Å². The Kier molecular flexibility index (Phi) is 5.37. The van der Waals surface area contributed by atoms with E-state index in [1.807, 2.05) is 13.0 Å². The van der Waals surface area contributed by atoms with E-state index in [-0.39, 0.29) is 5.82 Å². The molecule has 2 rings (SSSR count). The Hall–Kier alpha value is -0.450. The molecule has 0 amide bonds. The molecule has 1 unspecified atom stereocenters. The van der Waals surface area contributed by atoms with Gasteiger partial charge in [-0.15, -0.1) is 0 Å². The Morgan fingerprint density at radius 1 is 1.42 bits per heavy atom. The zero-order chi connectivity index (χ0) is 13.8. The van der Waals surface area contributed by atoms with Crippen LogP contribution in [0.4, 0.5) is 4.39 Å². The quantitative estimate of drug-likeness (QED) is 0.861. The van der Waals surface area contributed by atoms with Gasteiger partial charge in [0, 0.05) is 11.1 Å². The van der Waals surface area contributed by atoms with Gasteiger partial charge in [0.15, 0.2) is 0 Å². The molecule has 1 saturated carbocycles. The summed E-state index contributed by atoms with van der Waals surface area (Å²) in [5.41, 5.74) is 0.833. The van der Waals surface area contributed by atoms with Gasteiger partial charge in [0.25, 0.3) is 0 Å². The minimum atomic E-state index is -0.402. The molecule has 106 valence electrons. The third kappa shape index (κ3) is 4.55. The topological polar surface area (TPSA) is 29.5 Å². The van der Waals surface area contributed by atoms with Crippen LogP contribution in [0.15, 0.2) is 22.7 Å². The molecule has 0 spiro atoms. The summed E-state index contributed by atoms with van der Waals surface area (Å²) in [7, 11) is 0. The Bertz CT molecular complexity index is 398. The molecule has 0 heterocycles. The van der Waals surface area contributed by atoms with Crippen molar-refractivity contribution in [2.45, 2.75) is 44.8 Å². The monoisotopic (exact) mass is 330 g/mol. The molecular weight excluding hydrogens is 311 g/mol. The minimum Gasteiger partial charge on any atom is -0.393 e. The average Bonchev–Trinajstić information content (AvgIpc) is 2.24. The second-order valence-electron chi connectivity index (χ2n) is 5.29. The summed E-state index contributed by atoms with van der Waals surface area (Å²) in [5, 5.41) is 10.1. The first kappa shape index (κ1) is 14.9. The fourth-order valence-electron chi connectivity index (χ4n) is 2.71. The lowest BCUT2D eigenvalue weighted by atomic mass is 9.78. The fourth-order valence-corrected chi connectivity index (χ4v) is 3.22. The van der Waals surface area contributed by atoms with Gasteiger partial charge in [-0.05, 0) is 62.3 Å². The number of halogens is 2. The molecule has 0 radical (unpaired) electrons. The molecule has 1 aromatic rings. The molecule has 1 aromatic carbocycles. The molecule has 0 aromatic heterocycles. The van der Waals surface area contributed by atoms with Crippen molar-refractivity contribution in [2.24, 2.45) is 5.92 Å². The van der Waals surface area contributed by atoms with E-state index in [0.717, 1.165) is 35.9 Å². The molecule has 1 aliphatic carbocycles. The Balaban J connectivity index is 1.77. The van der Waals surface area contributed by atoms with E-state index in [9.17, 15) is 9.50 Å². The van der Waals surface area contributed by atoms with E-state index in [4.69, 9.17) is 4.74 Å². The largest absolute Gasteiger partial charge is 0.393 e. The van der Waals surface area contributed by atoms with E-state index in [2.05, 4.69) is 15.9 Å². The lowest BCUT2D eigenvalue weighted by Gasteiger charge is -2.36. The van der Waals surface area contributed by atoms with Crippen LogP contribution in [-0.4, -0.2) is 23.9 Å². The standard InChI is InChI=1S/C15H20BrFO2/c1-2-19-15-7-11(8-15)6-14(18)5-10-3-12(16)9-13(17)4-10/h3-4,9,11,14-15,18H,2,5-8H2,1H3. The van der Waals surface area contributed by atoms with Crippen LogP contribution in [0, 0.1) is 11.7 Å². The number of hydrogen-bond donors (Lipinski definition) is 1. The van der Waals surface area contributed by atoms with Crippen molar-refractivity contribution in [1.29, 1.82) is 0 Å². The summed E-state index contributed by atoms with van der Waals surface area (Å²) in [6.45, 7) is 2.77. The van der Waals surface area contributed by atoms with Crippen LogP contribution < -0.4 is 0 Å². The van der Waals surface area contributed by atoms with Gasteiger partial charge in [0.05, 0.1) is 12.2 Å². The third-order valence-electron chi connectivity index (χ3n) is 3.59. The highest BCUT2D eigenvalue weighted by Crippen LogP contribution is 2.34. The smallest absolute Gasteiger partial charge is 0.124 e. The zero-order valence-corrected chi connectivity index (χ0v) is 12.7. The number of benzene rings is 1. The van der Waals surface area contributed by atoms with Gasteiger partial charge >= 0.3 is 0 Å². The van der Waals surface area contributed by atoms with Crippen LogP contribution in [0.1, 0.15) is 31.7 Å². The molecule has 19 heavy (non-hydrogen) atoms. The second-order valence-corrected chi connectivity index (χ2v) is 6.20. The maximum Gasteiger partial charge on any atom is 0.124 e. The summed E-state index contributed by atoms with van der Waals surface area (Å²) in [6, 6.07) is 4.77. The normalized spacial score (nSPS) is 24.0. The summed E-state index contributed by atoms with van der Waals surface area (Å²) < 4.78 is 19.4. The first-order chi connectivity index (χ1) is 9.06. The molecule has 1 aliphatic rings. The Morgan fingerprint density at radius 3 is 2.79 bits per heavy atom. The van der Waals surface area contributed by atoms with Crippen molar-refractivity contribution in [2.75, 3.05) is 6.61 Å². The highest BCUT2D eigenvalue weighted by atomic mass is 79.9. The summed E-state index contributed by atoms with van der Waals surface area (Å²) in [6.07, 6.45) is 3.34. The van der Waals surface area contributed by atoms with E-state index in [1.54, 1.807) is 0 Å². The summed E-state index contributed by atoms with van der Waals surface area (Å²) in [4.78, 5) is 0. The van der Waals surface area contributed by atoms with Crippen LogP contribution in [0.3, 0.4) is 0 Å². The van der Waals surface area contributed by atoms with Crippen molar-refractivity contribution >= 4 is 15.9 Å². The number of ether oxygens (including phenoxy) is 1. The van der Waals surface area contributed by atoms with Crippen LogP contribution in [0.25, 0.3) is 0 Å². The van der Waals surface area contributed by atoms with Crippen LogP contribution in [0.2, 0.25) is 0 Å². The maximum atomic E-state index is 13.2. The van der Waals surface area contributed by atoms with E-state index < -0.39 is 6.10 Å². The Morgan fingerprint density at radius 2 is 2.16 bits per heavy atom. The van der Waals surface area contributed by atoms with Crippen LogP contribution in [-0.2, 0) is 11.2 Å². The van der Waals surface area contributed by atoms with Crippen molar-refractivity contribution in [3.63, 3.8) is 0 Å². The van der Waals surface area contributed by atoms with E-state index in [0.29, 0.717) is 18.4 Å². The first-order valence-corrected chi connectivity index (χ1v) is 7.60.